The summed E-state index contributed by atoms with van der Waals surface area (Å²) in [4.78, 5) is 38.4. The van der Waals surface area contributed by atoms with Gasteiger partial charge in [0.2, 0.25) is 0 Å². The molecule has 200 valence electrons. The zero-order chi connectivity index (χ0) is 27.2. The number of nitrogens with zero attached hydrogens (tertiary/aromatic N) is 1. The third-order valence-electron chi connectivity index (χ3n) is 6.17. The number of amides is 2. The number of rotatable bonds is 10. The summed E-state index contributed by atoms with van der Waals surface area (Å²) >= 11 is 0. The highest BCUT2D eigenvalue weighted by Gasteiger charge is 2.33. The van der Waals surface area contributed by atoms with Gasteiger partial charge in [-0.25, -0.2) is 14.4 Å². The van der Waals surface area contributed by atoms with E-state index in [1.54, 1.807) is 20.8 Å². The van der Waals surface area contributed by atoms with Gasteiger partial charge in [-0.3, -0.25) is 4.90 Å². The van der Waals surface area contributed by atoms with Crippen LogP contribution in [0, 0.1) is 5.92 Å². The maximum atomic E-state index is 12.8. The first-order valence-electron chi connectivity index (χ1n) is 12.8. The van der Waals surface area contributed by atoms with Crippen molar-refractivity contribution < 1.29 is 29.0 Å². The Labute approximate surface area is 219 Å². The molecule has 2 amide bonds. The van der Waals surface area contributed by atoms with Gasteiger partial charge in [-0.05, 0) is 61.8 Å². The first kappa shape index (κ1) is 28.0. The number of fused-ring (bicyclic) bond motifs is 3. The van der Waals surface area contributed by atoms with E-state index in [2.05, 4.69) is 29.6 Å². The van der Waals surface area contributed by atoms with Crippen LogP contribution in [0.25, 0.3) is 11.1 Å². The number of alkyl carbamates (subject to hydrolysis) is 1. The largest absolute Gasteiger partial charge is 0.480 e. The van der Waals surface area contributed by atoms with Crippen molar-refractivity contribution in [3.63, 3.8) is 0 Å². The fourth-order valence-electron chi connectivity index (χ4n) is 4.59. The van der Waals surface area contributed by atoms with E-state index in [-0.39, 0.29) is 31.5 Å². The first-order chi connectivity index (χ1) is 17.5. The second kappa shape index (κ2) is 12.1. The smallest absolute Gasteiger partial charge is 0.411 e. The van der Waals surface area contributed by atoms with E-state index in [1.807, 2.05) is 38.1 Å². The van der Waals surface area contributed by atoms with Gasteiger partial charge in [0.05, 0.1) is 0 Å². The maximum absolute atomic E-state index is 12.8. The molecule has 2 aromatic carbocycles. The zero-order valence-corrected chi connectivity index (χ0v) is 22.3. The summed E-state index contributed by atoms with van der Waals surface area (Å²) in [5.74, 6) is -1.04. The average molecular weight is 511 g/mol. The number of carbonyl (C=O) groups excluding carboxylic acids is 2. The number of carbonyl (C=O) groups is 3. The number of aliphatic carboxylic acids is 1. The summed E-state index contributed by atoms with van der Waals surface area (Å²) < 4.78 is 11.0. The molecule has 3 rings (SSSR count). The standard InChI is InChI=1S/C29H38N2O6/c1-19(2)17-25(26(32)33)31(28(35)37-29(3,4)5)16-10-15-30-27(34)36-18-24-22-13-8-6-11-20(22)21-12-7-9-14-23(21)24/h6-9,11-14,19,24-25H,10,15-18H2,1-5H3,(H,30,34)(H,32,33). The maximum Gasteiger partial charge on any atom is 0.411 e. The van der Waals surface area contributed by atoms with Crippen LogP contribution in [0.3, 0.4) is 0 Å². The number of hydrogen-bond donors (Lipinski definition) is 2. The summed E-state index contributed by atoms with van der Waals surface area (Å²) in [7, 11) is 0. The Morgan fingerprint density at radius 1 is 1.00 bits per heavy atom. The van der Waals surface area contributed by atoms with Gasteiger partial charge < -0.3 is 19.9 Å². The molecule has 8 nitrogen and oxygen atoms in total. The molecule has 0 spiro atoms. The molecule has 0 radical (unpaired) electrons. The van der Waals surface area contributed by atoms with Crippen LogP contribution in [0.2, 0.25) is 0 Å². The van der Waals surface area contributed by atoms with Crippen molar-refractivity contribution >= 4 is 18.2 Å². The molecule has 1 aliphatic rings. The van der Waals surface area contributed by atoms with Gasteiger partial charge in [0.1, 0.15) is 18.2 Å². The summed E-state index contributed by atoms with van der Waals surface area (Å²) in [6, 6.07) is 15.2. The Morgan fingerprint density at radius 2 is 1.57 bits per heavy atom. The predicted molar refractivity (Wildman–Crippen MR) is 142 cm³/mol. The lowest BCUT2D eigenvalue weighted by atomic mass is 9.98. The lowest BCUT2D eigenvalue weighted by Crippen LogP contribution is -2.48. The molecule has 1 aliphatic carbocycles. The topological polar surface area (TPSA) is 105 Å². The molecular formula is C29H38N2O6. The quantitative estimate of drug-likeness (QED) is 0.400. The van der Waals surface area contributed by atoms with Crippen molar-refractivity contribution in [2.75, 3.05) is 19.7 Å². The van der Waals surface area contributed by atoms with E-state index >= 15 is 0 Å². The first-order valence-corrected chi connectivity index (χ1v) is 12.8. The van der Waals surface area contributed by atoms with Crippen LogP contribution < -0.4 is 5.32 Å². The number of carboxylic acids is 1. The summed E-state index contributed by atoms with van der Waals surface area (Å²) in [5, 5.41) is 12.5. The SMILES string of the molecule is CC(C)CC(C(=O)O)N(CCCNC(=O)OCC1c2ccccc2-c2ccccc21)C(=O)OC(C)(C)C. The van der Waals surface area contributed by atoms with Crippen molar-refractivity contribution in [3.05, 3.63) is 59.7 Å². The fraction of sp³-hybridized carbons (Fsp3) is 0.483. The molecule has 0 bridgehead atoms. The van der Waals surface area contributed by atoms with Gasteiger partial charge in [-0.2, -0.15) is 0 Å². The number of ether oxygens (including phenoxy) is 2. The van der Waals surface area contributed by atoms with E-state index in [1.165, 1.54) is 4.90 Å². The lowest BCUT2D eigenvalue weighted by Gasteiger charge is -2.32. The molecule has 0 saturated carbocycles. The molecule has 8 heteroatoms. The second-order valence-electron chi connectivity index (χ2n) is 10.8. The van der Waals surface area contributed by atoms with Gasteiger partial charge in [-0.15, -0.1) is 0 Å². The van der Waals surface area contributed by atoms with Gasteiger partial charge in [0.25, 0.3) is 0 Å². The van der Waals surface area contributed by atoms with Crippen LogP contribution >= 0.6 is 0 Å². The lowest BCUT2D eigenvalue weighted by molar-refractivity contribution is -0.143. The Hall–Kier alpha value is -3.55. The Kier molecular flexibility index (Phi) is 9.18. The van der Waals surface area contributed by atoms with Gasteiger partial charge in [0.15, 0.2) is 0 Å². The molecule has 1 unspecified atom stereocenters. The minimum absolute atomic E-state index is 0.0341. The highest BCUT2D eigenvalue weighted by Crippen LogP contribution is 2.44. The number of carboxylic acid groups (broad SMARTS) is 1. The average Bonchev–Trinajstić information content (AvgIpc) is 3.14. The van der Waals surface area contributed by atoms with Crippen molar-refractivity contribution in [1.29, 1.82) is 0 Å². The molecule has 2 aromatic rings. The summed E-state index contributed by atoms with van der Waals surface area (Å²) in [5.41, 5.74) is 3.83. The van der Waals surface area contributed by atoms with Crippen LogP contribution in [0.15, 0.2) is 48.5 Å². The minimum atomic E-state index is -1.08. The highest BCUT2D eigenvalue weighted by molar-refractivity contribution is 5.80. The van der Waals surface area contributed by atoms with E-state index < -0.39 is 29.8 Å². The molecule has 0 fully saturated rings. The van der Waals surface area contributed by atoms with Crippen molar-refractivity contribution in [1.82, 2.24) is 10.2 Å². The van der Waals surface area contributed by atoms with Crippen molar-refractivity contribution in [2.24, 2.45) is 5.92 Å². The highest BCUT2D eigenvalue weighted by atomic mass is 16.6. The third-order valence-corrected chi connectivity index (χ3v) is 6.17. The van der Waals surface area contributed by atoms with Gasteiger partial charge in [-0.1, -0.05) is 62.4 Å². The normalized spacial score (nSPS) is 13.5. The molecule has 0 heterocycles. The summed E-state index contributed by atoms with van der Waals surface area (Å²) in [6.45, 7) is 9.58. The van der Waals surface area contributed by atoms with Gasteiger partial charge in [0, 0.05) is 19.0 Å². The fourth-order valence-corrected chi connectivity index (χ4v) is 4.59. The summed E-state index contributed by atoms with van der Waals surface area (Å²) in [6.07, 6.45) is -0.580. The van der Waals surface area contributed by atoms with E-state index in [9.17, 15) is 19.5 Å². The minimum Gasteiger partial charge on any atom is -0.480 e. The predicted octanol–water partition coefficient (Wildman–Crippen LogP) is 5.65. The molecule has 0 aliphatic heterocycles. The van der Waals surface area contributed by atoms with Crippen LogP contribution in [-0.4, -0.2) is 59.5 Å². The van der Waals surface area contributed by atoms with Crippen molar-refractivity contribution in [3.8, 4) is 11.1 Å². The number of nitrogens with one attached hydrogen (secondary N) is 1. The zero-order valence-electron chi connectivity index (χ0n) is 22.3. The second-order valence-corrected chi connectivity index (χ2v) is 10.8. The molecule has 0 saturated heterocycles. The molecular weight excluding hydrogens is 472 g/mol. The van der Waals surface area contributed by atoms with E-state index in [0.29, 0.717) is 12.8 Å². The van der Waals surface area contributed by atoms with E-state index in [0.717, 1.165) is 22.3 Å². The van der Waals surface area contributed by atoms with Crippen LogP contribution in [0.5, 0.6) is 0 Å². The Balaban J connectivity index is 1.55. The van der Waals surface area contributed by atoms with Crippen molar-refractivity contribution in [2.45, 2.75) is 65.0 Å². The number of benzene rings is 2. The van der Waals surface area contributed by atoms with Crippen LogP contribution in [0.4, 0.5) is 9.59 Å². The number of hydrogen-bond acceptors (Lipinski definition) is 5. The van der Waals surface area contributed by atoms with Gasteiger partial charge >= 0.3 is 18.2 Å². The monoisotopic (exact) mass is 510 g/mol. The molecule has 37 heavy (non-hydrogen) atoms. The molecule has 2 N–H and O–H groups in total. The molecule has 0 aromatic heterocycles. The van der Waals surface area contributed by atoms with E-state index in [4.69, 9.17) is 9.47 Å². The molecule has 1 atom stereocenters. The Bertz CT molecular complexity index is 1060. The van der Waals surface area contributed by atoms with Crippen LogP contribution in [0.1, 0.15) is 64.5 Å². The van der Waals surface area contributed by atoms with Crippen LogP contribution in [-0.2, 0) is 14.3 Å². The third kappa shape index (κ3) is 7.47. The Morgan fingerprint density at radius 3 is 2.08 bits per heavy atom.